The molecule has 1 aliphatic heterocycles. The van der Waals surface area contributed by atoms with Crippen LogP contribution in [0.2, 0.25) is 10.0 Å². The molecule has 4 aromatic carbocycles. The zero-order valence-corrected chi connectivity index (χ0v) is 24.1. The van der Waals surface area contributed by atoms with Crippen LogP contribution < -0.4 is 20.1 Å². The van der Waals surface area contributed by atoms with Gasteiger partial charge in [0.1, 0.15) is 6.61 Å². The zero-order valence-electron chi connectivity index (χ0n) is 22.6. The molecular weight excluding hydrogens is 555 g/mol. The van der Waals surface area contributed by atoms with Gasteiger partial charge in [0.05, 0.1) is 24.0 Å². The number of anilines is 2. The molecule has 0 radical (unpaired) electrons. The Morgan fingerprint density at radius 1 is 0.780 bits per heavy atom. The SMILES string of the molecule is CCOc1cc(C2Nc3ccccc3NC3=C2C(=O)CC(c2ccc(Cl)cc2)C3)ccc1OCc1ccc(Cl)cc1. The van der Waals surface area contributed by atoms with E-state index in [9.17, 15) is 4.79 Å². The van der Waals surface area contributed by atoms with Gasteiger partial charge >= 0.3 is 0 Å². The first-order chi connectivity index (χ1) is 20.0. The van der Waals surface area contributed by atoms with Crippen LogP contribution in [0.3, 0.4) is 0 Å². The van der Waals surface area contributed by atoms with E-state index in [1.807, 2.05) is 97.9 Å². The van der Waals surface area contributed by atoms with Gasteiger partial charge in [-0.3, -0.25) is 4.79 Å². The predicted octanol–water partition coefficient (Wildman–Crippen LogP) is 8.95. The fraction of sp³-hybridized carbons (Fsp3) is 0.206. The van der Waals surface area contributed by atoms with E-state index < -0.39 is 0 Å². The van der Waals surface area contributed by atoms with Gasteiger partial charge in [-0.1, -0.05) is 65.7 Å². The number of fused-ring (bicyclic) bond motifs is 1. The number of Topliss-reactive ketones (excluding diaryl/α,β-unsaturated/α-hetero) is 1. The Bertz CT molecular complexity index is 1600. The summed E-state index contributed by atoms with van der Waals surface area (Å²) in [6, 6.07) is 29.0. The average Bonchev–Trinajstić information content (AvgIpc) is 3.15. The number of halogens is 2. The number of carbonyl (C=O) groups is 1. The molecule has 0 aromatic heterocycles. The number of para-hydroxylation sites is 2. The summed E-state index contributed by atoms with van der Waals surface area (Å²) in [4.78, 5) is 13.9. The van der Waals surface area contributed by atoms with Crippen molar-refractivity contribution >= 4 is 40.4 Å². The molecule has 0 bridgehead atoms. The molecule has 2 N–H and O–H groups in total. The molecule has 1 aliphatic carbocycles. The molecule has 208 valence electrons. The maximum atomic E-state index is 13.9. The highest BCUT2D eigenvalue weighted by Gasteiger charge is 2.36. The van der Waals surface area contributed by atoms with Crippen molar-refractivity contribution in [2.75, 3.05) is 17.2 Å². The van der Waals surface area contributed by atoms with Crippen LogP contribution in [0.25, 0.3) is 0 Å². The fourth-order valence-corrected chi connectivity index (χ4v) is 5.80. The van der Waals surface area contributed by atoms with E-state index in [4.69, 9.17) is 32.7 Å². The summed E-state index contributed by atoms with van der Waals surface area (Å²) in [7, 11) is 0. The molecule has 41 heavy (non-hydrogen) atoms. The minimum Gasteiger partial charge on any atom is -0.490 e. The van der Waals surface area contributed by atoms with E-state index in [0.29, 0.717) is 41.2 Å². The molecule has 4 aromatic rings. The molecule has 0 fully saturated rings. The Labute approximate surface area is 250 Å². The van der Waals surface area contributed by atoms with Crippen molar-refractivity contribution in [3.63, 3.8) is 0 Å². The monoisotopic (exact) mass is 584 g/mol. The second-order valence-electron chi connectivity index (χ2n) is 10.3. The smallest absolute Gasteiger partial charge is 0.163 e. The minimum absolute atomic E-state index is 0.0690. The number of rotatable bonds is 7. The van der Waals surface area contributed by atoms with Crippen LogP contribution in [0.1, 0.15) is 48.4 Å². The third-order valence-corrected chi connectivity index (χ3v) is 8.06. The molecule has 0 saturated heterocycles. The van der Waals surface area contributed by atoms with Crippen molar-refractivity contribution in [1.29, 1.82) is 0 Å². The maximum Gasteiger partial charge on any atom is 0.163 e. The van der Waals surface area contributed by atoms with E-state index in [-0.39, 0.29) is 17.7 Å². The Kier molecular flexibility index (Phi) is 7.91. The van der Waals surface area contributed by atoms with Crippen LogP contribution in [0, 0.1) is 0 Å². The van der Waals surface area contributed by atoms with E-state index in [1.165, 1.54) is 0 Å². The Balaban J connectivity index is 1.36. The molecule has 2 unspecified atom stereocenters. The second-order valence-corrected chi connectivity index (χ2v) is 11.1. The van der Waals surface area contributed by atoms with Crippen molar-refractivity contribution in [3.05, 3.63) is 129 Å². The quantitative estimate of drug-likeness (QED) is 0.227. The number of hydrogen-bond donors (Lipinski definition) is 2. The van der Waals surface area contributed by atoms with Crippen LogP contribution in [0.4, 0.5) is 11.4 Å². The van der Waals surface area contributed by atoms with E-state index in [2.05, 4.69) is 10.6 Å². The lowest BCUT2D eigenvalue weighted by atomic mass is 9.78. The largest absolute Gasteiger partial charge is 0.490 e. The number of benzene rings is 4. The summed E-state index contributed by atoms with van der Waals surface area (Å²) in [5.74, 6) is 1.46. The number of ketones is 1. The predicted molar refractivity (Wildman–Crippen MR) is 165 cm³/mol. The van der Waals surface area contributed by atoms with Gasteiger partial charge in [0.15, 0.2) is 17.3 Å². The molecular formula is C34H30Cl2N2O3. The van der Waals surface area contributed by atoms with E-state index in [1.54, 1.807) is 0 Å². The van der Waals surface area contributed by atoms with Crippen molar-refractivity contribution in [3.8, 4) is 11.5 Å². The van der Waals surface area contributed by atoms with Gasteiger partial charge in [-0.05, 0) is 84.5 Å². The molecule has 5 nitrogen and oxygen atoms in total. The first kappa shape index (κ1) is 27.3. The summed E-state index contributed by atoms with van der Waals surface area (Å²) in [6.45, 7) is 2.82. The number of ether oxygens (including phenoxy) is 2. The molecule has 2 atom stereocenters. The Hall–Kier alpha value is -3.93. The van der Waals surface area contributed by atoms with Crippen LogP contribution >= 0.6 is 23.2 Å². The van der Waals surface area contributed by atoms with Gasteiger partial charge in [0.25, 0.3) is 0 Å². The fourth-order valence-electron chi connectivity index (χ4n) is 5.55. The lowest BCUT2D eigenvalue weighted by Gasteiger charge is -2.30. The molecule has 0 amide bonds. The van der Waals surface area contributed by atoms with Crippen molar-refractivity contribution in [2.24, 2.45) is 0 Å². The summed E-state index contributed by atoms with van der Waals surface area (Å²) < 4.78 is 12.2. The minimum atomic E-state index is -0.357. The van der Waals surface area contributed by atoms with Gasteiger partial charge in [-0.2, -0.15) is 0 Å². The average molecular weight is 586 g/mol. The number of allylic oxidation sites excluding steroid dienone is 1. The topological polar surface area (TPSA) is 59.6 Å². The van der Waals surface area contributed by atoms with Crippen molar-refractivity contribution in [2.45, 2.75) is 38.3 Å². The van der Waals surface area contributed by atoms with Gasteiger partial charge in [-0.25, -0.2) is 0 Å². The third-order valence-electron chi connectivity index (χ3n) is 7.56. The number of hydrogen-bond acceptors (Lipinski definition) is 5. The number of nitrogens with one attached hydrogen (secondary N) is 2. The highest BCUT2D eigenvalue weighted by molar-refractivity contribution is 6.30. The first-order valence-electron chi connectivity index (χ1n) is 13.8. The number of carbonyl (C=O) groups excluding carboxylic acids is 1. The maximum absolute atomic E-state index is 13.9. The standard InChI is InChI=1S/C34H30Cl2N2O3/c1-2-40-32-19-23(11-16-31(32)41-20-21-7-12-25(35)13-8-21)34-33-29(37-27-5-3-4-6-28(27)38-34)17-24(18-30(33)39)22-9-14-26(36)15-10-22/h3-16,19,24,34,37-38H,2,17-18,20H2,1H3. The van der Waals surface area contributed by atoms with Gasteiger partial charge in [-0.15, -0.1) is 0 Å². The van der Waals surface area contributed by atoms with Crippen LogP contribution in [0.15, 0.2) is 102 Å². The van der Waals surface area contributed by atoms with Gasteiger partial charge < -0.3 is 20.1 Å². The first-order valence-corrected chi connectivity index (χ1v) is 14.5. The second kappa shape index (κ2) is 11.9. The Morgan fingerprint density at radius 3 is 2.20 bits per heavy atom. The Morgan fingerprint density at radius 2 is 1.46 bits per heavy atom. The van der Waals surface area contributed by atoms with E-state index >= 15 is 0 Å². The van der Waals surface area contributed by atoms with Crippen LogP contribution in [-0.2, 0) is 11.4 Å². The summed E-state index contributed by atoms with van der Waals surface area (Å²) in [6.07, 6.45) is 1.15. The van der Waals surface area contributed by atoms with Gasteiger partial charge in [0.2, 0.25) is 0 Å². The lowest BCUT2D eigenvalue weighted by Crippen LogP contribution is -2.27. The molecule has 7 heteroatoms. The lowest BCUT2D eigenvalue weighted by molar-refractivity contribution is -0.116. The highest BCUT2D eigenvalue weighted by atomic mass is 35.5. The molecule has 0 saturated carbocycles. The molecule has 2 aliphatic rings. The summed E-state index contributed by atoms with van der Waals surface area (Å²) >= 11 is 12.2. The van der Waals surface area contributed by atoms with Crippen LogP contribution in [0.5, 0.6) is 11.5 Å². The normalized spacial score (nSPS) is 18.0. The highest BCUT2D eigenvalue weighted by Crippen LogP contribution is 2.45. The van der Waals surface area contributed by atoms with E-state index in [0.717, 1.165) is 45.8 Å². The van der Waals surface area contributed by atoms with Crippen molar-refractivity contribution in [1.82, 2.24) is 0 Å². The zero-order chi connectivity index (χ0) is 28.3. The third kappa shape index (κ3) is 5.92. The van der Waals surface area contributed by atoms with Crippen molar-refractivity contribution < 1.29 is 14.3 Å². The van der Waals surface area contributed by atoms with Crippen LogP contribution in [-0.4, -0.2) is 12.4 Å². The molecule has 1 heterocycles. The summed E-state index contributed by atoms with van der Waals surface area (Å²) in [5, 5.41) is 8.63. The molecule has 6 rings (SSSR count). The van der Waals surface area contributed by atoms with Gasteiger partial charge in [0, 0.05) is 27.7 Å². The molecule has 0 spiro atoms. The summed E-state index contributed by atoms with van der Waals surface area (Å²) in [5.41, 5.74) is 6.61.